The van der Waals surface area contributed by atoms with Crippen LogP contribution >= 0.6 is 7.14 Å². The summed E-state index contributed by atoms with van der Waals surface area (Å²) in [5.41, 5.74) is 1.21. The summed E-state index contributed by atoms with van der Waals surface area (Å²) in [5, 5.41) is 1.88. The molecule has 4 aromatic rings. The Morgan fingerprint density at radius 1 is 0.613 bits per heavy atom. The maximum atomic E-state index is 14.5. The van der Waals surface area contributed by atoms with Crippen molar-refractivity contribution in [3.05, 3.63) is 121 Å². The van der Waals surface area contributed by atoms with Gasteiger partial charge in [0.15, 0.2) is 0 Å². The van der Waals surface area contributed by atoms with Crippen molar-refractivity contribution in [3.8, 4) is 11.5 Å². The monoisotopic (exact) mass is 424 g/mol. The van der Waals surface area contributed by atoms with Crippen molar-refractivity contribution in [2.75, 3.05) is 6.16 Å². The molecule has 1 aliphatic carbocycles. The zero-order chi connectivity index (χ0) is 21.2. The molecular weight excluding hydrogens is 399 g/mol. The molecule has 0 unspecified atom stereocenters. The highest BCUT2D eigenvalue weighted by atomic mass is 31.2. The molecule has 3 heteroatoms. The Morgan fingerprint density at radius 2 is 1.06 bits per heavy atom. The van der Waals surface area contributed by atoms with E-state index in [2.05, 4.69) is 12.1 Å². The van der Waals surface area contributed by atoms with Crippen LogP contribution in [0.3, 0.4) is 0 Å². The molecule has 1 saturated carbocycles. The van der Waals surface area contributed by atoms with Crippen LogP contribution in [0.2, 0.25) is 0 Å². The van der Waals surface area contributed by atoms with Gasteiger partial charge in [-0.3, -0.25) is 0 Å². The molecular formula is C28H25O2P. The van der Waals surface area contributed by atoms with Crippen molar-refractivity contribution >= 4 is 17.8 Å². The van der Waals surface area contributed by atoms with E-state index in [9.17, 15) is 4.57 Å². The predicted molar refractivity (Wildman–Crippen MR) is 128 cm³/mol. The van der Waals surface area contributed by atoms with Crippen molar-refractivity contribution in [3.63, 3.8) is 0 Å². The first kappa shape index (κ1) is 19.8. The lowest BCUT2D eigenvalue weighted by atomic mass is 9.98. The standard InChI is InChI=1S/C28H25O2P/c29-31(26-12-6-2-7-13-26,27-14-8-3-9-15-27)22-28(20-21-28)23-16-18-25(19-17-23)30-24-10-4-1-5-11-24/h1-19H,20-22H2. The molecule has 0 bridgehead atoms. The highest BCUT2D eigenvalue weighted by Crippen LogP contribution is 2.59. The SMILES string of the molecule is O=P(CC1(c2ccc(Oc3ccccc3)cc2)CC1)(c1ccccc1)c1ccccc1. The van der Waals surface area contributed by atoms with E-state index in [-0.39, 0.29) is 5.41 Å². The van der Waals surface area contributed by atoms with E-state index in [0.29, 0.717) is 6.16 Å². The summed E-state index contributed by atoms with van der Waals surface area (Å²) in [6.07, 6.45) is 2.79. The second-order valence-electron chi connectivity index (χ2n) is 8.29. The van der Waals surface area contributed by atoms with Gasteiger partial charge in [-0.05, 0) is 42.7 Å². The quantitative estimate of drug-likeness (QED) is 0.316. The van der Waals surface area contributed by atoms with Crippen molar-refractivity contribution in [2.24, 2.45) is 0 Å². The predicted octanol–water partition coefficient (Wildman–Crippen LogP) is 6.52. The smallest absolute Gasteiger partial charge is 0.144 e. The van der Waals surface area contributed by atoms with Crippen LogP contribution in [0, 0.1) is 0 Å². The molecule has 0 aliphatic heterocycles. The van der Waals surface area contributed by atoms with Crippen molar-refractivity contribution < 1.29 is 9.30 Å². The van der Waals surface area contributed by atoms with Gasteiger partial charge >= 0.3 is 0 Å². The largest absolute Gasteiger partial charge is 0.457 e. The maximum Gasteiger partial charge on any atom is 0.144 e. The van der Waals surface area contributed by atoms with Crippen LogP contribution in [-0.2, 0) is 9.98 Å². The van der Waals surface area contributed by atoms with Crippen LogP contribution in [-0.4, -0.2) is 6.16 Å². The van der Waals surface area contributed by atoms with E-state index >= 15 is 0 Å². The second kappa shape index (κ2) is 8.21. The van der Waals surface area contributed by atoms with Gasteiger partial charge in [0.25, 0.3) is 0 Å². The number of hydrogen-bond acceptors (Lipinski definition) is 2. The fourth-order valence-electron chi connectivity index (χ4n) is 4.29. The van der Waals surface area contributed by atoms with Gasteiger partial charge < -0.3 is 9.30 Å². The summed E-state index contributed by atoms with van der Waals surface area (Å²) in [6.45, 7) is 0. The molecule has 1 fully saturated rings. The molecule has 2 nitrogen and oxygen atoms in total. The number of hydrogen-bond donors (Lipinski definition) is 0. The highest BCUT2D eigenvalue weighted by molar-refractivity contribution is 7.78. The van der Waals surface area contributed by atoms with Gasteiger partial charge in [0.2, 0.25) is 0 Å². The molecule has 0 saturated heterocycles. The Morgan fingerprint density at radius 3 is 1.55 bits per heavy atom. The van der Waals surface area contributed by atoms with E-state index in [1.54, 1.807) is 0 Å². The molecule has 0 aromatic heterocycles. The van der Waals surface area contributed by atoms with Crippen molar-refractivity contribution in [1.82, 2.24) is 0 Å². The number of benzene rings is 4. The van der Waals surface area contributed by atoms with E-state index in [4.69, 9.17) is 4.74 Å². The summed E-state index contributed by atoms with van der Waals surface area (Å²) in [5.74, 6) is 1.65. The molecule has 5 rings (SSSR count). The van der Waals surface area contributed by atoms with Crippen LogP contribution < -0.4 is 15.3 Å². The summed E-state index contributed by atoms with van der Waals surface area (Å²) in [6, 6.07) is 38.1. The van der Waals surface area contributed by atoms with E-state index in [0.717, 1.165) is 34.9 Å². The average molecular weight is 424 g/mol. The van der Waals surface area contributed by atoms with Crippen molar-refractivity contribution in [2.45, 2.75) is 18.3 Å². The van der Waals surface area contributed by atoms with Gasteiger partial charge in [-0.25, -0.2) is 0 Å². The molecule has 154 valence electrons. The second-order valence-corrected chi connectivity index (χ2v) is 11.1. The Balaban J connectivity index is 1.44. The zero-order valence-corrected chi connectivity index (χ0v) is 18.2. The molecule has 4 aromatic carbocycles. The third-order valence-electron chi connectivity index (χ3n) is 6.17. The molecule has 1 aliphatic rings. The topological polar surface area (TPSA) is 26.3 Å². The van der Waals surface area contributed by atoms with Crippen LogP contribution in [0.1, 0.15) is 18.4 Å². The maximum absolute atomic E-state index is 14.5. The van der Waals surface area contributed by atoms with E-state index in [1.165, 1.54) is 5.56 Å². The third-order valence-corrected chi connectivity index (χ3v) is 9.49. The van der Waals surface area contributed by atoms with Crippen LogP contribution in [0.5, 0.6) is 11.5 Å². The van der Waals surface area contributed by atoms with Gasteiger partial charge in [0.05, 0.1) is 0 Å². The summed E-state index contributed by atoms with van der Waals surface area (Å²) < 4.78 is 20.5. The van der Waals surface area contributed by atoms with E-state index in [1.807, 2.05) is 103 Å². The molecule has 0 N–H and O–H groups in total. The lowest BCUT2D eigenvalue weighted by Crippen LogP contribution is -2.25. The fourth-order valence-corrected chi connectivity index (χ4v) is 7.61. The number of rotatable bonds is 7. The van der Waals surface area contributed by atoms with Gasteiger partial charge in [-0.15, -0.1) is 0 Å². The first-order valence-corrected chi connectivity index (χ1v) is 12.6. The molecule has 31 heavy (non-hydrogen) atoms. The molecule has 0 spiro atoms. The number of ether oxygens (including phenoxy) is 1. The lowest BCUT2D eigenvalue weighted by molar-refractivity contribution is 0.482. The van der Waals surface area contributed by atoms with Crippen LogP contribution in [0.4, 0.5) is 0 Å². The van der Waals surface area contributed by atoms with Gasteiger partial charge in [0.1, 0.15) is 18.6 Å². The highest BCUT2D eigenvalue weighted by Gasteiger charge is 2.49. The summed E-state index contributed by atoms with van der Waals surface area (Å²) >= 11 is 0. The Labute approximate surface area is 183 Å². The Kier molecular flexibility index (Phi) is 5.26. The zero-order valence-electron chi connectivity index (χ0n) is 17.4. The van der Waals surface area contributed by atoms with Gasteiger partial charge in [-0.2, -0.15) is 0 Å². The summed E-state index contributed by atoms with van der Waals surface area (Å²) in [4.78, 5) is 0. The van der Waals surface area contributed by atoms with E-state index < -0.39 is 7.14 Å². The van der Waals surface area contributed by atoms with Crippen LogP contribution in [0.25, 0.3) is 0 Å². The van der Waals surface area contributed by atoms with Crippen molar-refractivity contribution in [1.29, 1.82) is 0 Å². The Bertz CT molecular complexity index is 1140. The lowest BCUT2D eigenvalue weighted by Gasteiger charge is -2.25. The third kappa shape index (κ3) is 4.09. The molecule has 0 atom stereocenters. The molecule has 0 amide bonds. The first-order valence-electron chi connectivity index (χ1n) is 10.7. The molecule has 0 radical (unpaired) electrons. The first-order chi connectivity index (χ1) is 15.2. The fraction of sp³-hybridized carbons (Fsp3) is 0.143. The van der Waals surface area contributed by atoms with Gasteiger partial charge in [-0.1, -0.05) is 91.0 Å². The normalized spacial score (nSPS) is 14.7. The minimum absolute atomic E-state index is 0.0352. The van der Waals surface area contributed by atoms with Gasteiger partial charge in [0, 0.05) is 22.2 Å². The number of para-hydroxylation sites is 1. The average Bonchev–Trinajstić information content (AvgIpc) is 3.61. The van der Waals surface area contributed by atoms with Crippen LogP contribution in [0.15, 0.2) is 115 Å². The Hall–Kier alpha value is -3.09. The summed E-state index contributed by atoms with van der Waals surface area (Å²) in [7, 11) is -2.75. The minimum atomic E-state index is -2.75. The molecule has 0 heterocycles. The minimum Gasteiger partial charge on any atom is -0.457 e.